The molecule has 1 heterocycles. The maximum absolute atomic E-state index is 13.1. The molecule has 5 heteroatoms. The number of rotatable bonds is 6. The number of carbonyl (C=O) groups excluding carboxylic acids is 1. The van der Waals surface area contributed by atoms with Crippen LogP contribution in [0.2, 0.25) is 0 Å². The van der Waals surface area contributed by atoms with E-state index in [0.717, 1.165) is 30.6 Å². The first-order valence-corrected chi connectivity index (χ1v) is 9.24. The van der Waals surface area contributed by atoms with Crippen molar-refractivity contribution in [3.05, 3.63) is 52.2 Å². The Morgan fingerprint density at radius 2 is 2.08 bits per heavy atom. The highest BCUT2D eigenvalue weighted by Crippen LogP contribution is 2.29. The Labute approximate surface area is 147 Å². The smallest absolute Gasteiger partial charge is 0.226 e. The van der Waals surface area contributed by atoms with Gasteiger partial charge < -0.3 is 15.4 Å². The van der Waals surface area contributed by atoms with E-state index in [9.17, 15) is 4.79 Å². The van der Waals surface area contributed by atoms with Crippen LogP contribution in [0.15, 0.2) is 41.8 Å². The molecule has 0 unspecified atom stereocenters. The number of thiophene rings is 1. The van der Waals surface area contributed by atoms with Crippen LogP contribution in [0.1, 0.15) is 29.7 Å². The van der Waals surface area contributed by atoms with Crippen LogP contribution in [0.4, 0.5) is 0 Å². The van der Waals surface area contributed by atoms with E-state index in [4.69, 9.17) is 10.5 Å². The number of hydrogen-bond acceptors (Lipinski definition) is 4. The molecule has 1 aromatic carbocycles. The lowest BCUT2D eigenvalue weighted by molar-refractivity contribution is -0.136. The third-order valence-corrected chi connectivity index (χ3v) is 5.48. The second kappa shape index (κ2) is 7.81. The molecule has 1 amide bonds. The molecule has 1 aliphatic carbocycles. The van der Waals surface area contributed by atoms with Gasteiger partial charge in [-0.05, 0) is 36.8 Å². The van der Waals surface area contributed by atoms with Crippen molar-refractivity contribution < 1.29 is 9.53 Å². The standard InChI is InChI=1S/C19H24N2O2S/c1-23-18-7-3-2-5-15(18)12-21(13-17-6-4-10-24-17)19(22)14-8-9-16(20)11-14/h2-7,10,14,16H,8-9,11-13,20H2,1H3/t14-,16+/m1/s1. The van der Waals surface area contributed by atoms with Crippen molar-refractivity contribution in [2.45, 2.75) is 38.4 Å². The maximum atomic E-state index is 13.1. The number of hydrogen-bond donors (Lipinski definition) is 1. The first-order chi connectivity index (χ1) is 11.7. The quantitative estimate of drug-likeness (QED) is 0.874. The fourth-order valence-corrected chi connectivity index (χ4v) is 4.06. The number of amides is 1. The van der Waals surface area contributed by atoms with Crippen LogP contribution in [-0.4, -0.2) is 24.0 Å². The van der Waals surface area contributed by atoms with E-state index in [1.54, 1.807) is 18.4 Å². The first-order valence-electron chi connectivity index (χ1n) is 8.36. The average Bonchev–Trinajstić information content (AvgIpc) is 3.25. The van der Waals surface area contributed by atoms with Gasteiger partial charge in [-0.1, -0.05) is 24.3 Å². The minimum absolute atomic E-state index is 0.0506. The molecule has 1 saturated carbocycles. The van der Waals surface area contributed by atoms with Gasteiger partial charge >= 0.3 is 0 Å². The van der Waals surface area contributed by atoms with Crippen molar-refractivity contribution in [2.24, 2.45) is 11.7 Å². The first kappa shape index (κ1) is 17.0. The number of nitrogens with two attached hydrogens (primary N) is 1. The lowest BCUT2D eigenvalue weighted by Crippen LogP contribution is -2.35. The molecular weight excluding hydrogens is 320 g/mol. The molecule has 0 radical (unpaired) electrons. The fourth-order valence-electron chi connectivity index (χ4n) is 3.34. The Morgan fingerprint density at radius 3 is 2.75 bits per heavy atom. The van der Waals surface area contributed by atoms with Crippen molar-refractivity contribution in [3.8, 4) is 5.75 Å². The molecule has 2 atom stereocenters. The topological polar surface area (TPSA) is 55.6 Å². The van der Waals surface area contributed by atoms with E-state index in [2.05, 4.69) is 6.07 Å². The minimum Gasteiger partial charge on any atom is -0.496 e. The van der Waals surface area contributed by atoms with Crippen molar-refractivity contribution in [3.63, 3.8) is 0 Å². The van der Waals surface area contributed by atoms with Crippen LogP contribution in [0.5, 0.6) is 5.75 Å². The van der Waals surface area contributed by atoms with Gasteiger partial charge in [-0.25, -0.2) is 0 Å². The van der Waals surface area contributed by atoms with E-state index in [1.807, 2.05) is 40.6 Å². The molecular formula is C19H24N2O2S. The van der Waals surface area contributed by atoms with Crippen LogP contribution >= 0.6 is 11.3 Å². The van der Waals surface area contributed by atoms with Gasteiger partial charge in [0.05, 0.1) is 13.7 Å². The van der Waals surface area contributed by atoms with Crippen molar-refractivity contribution >= 4 is 17.2 Å². The second-order valence-electron chi connectivity index (χ2n) is 6.36. The lowest BCUT2D eigenvalue weighted by Gasteiger charge is -2.26. The highest BCUT2D eigenvalue weighted by Gasteiger charge is 2.31. The normalized spacial score (nSPS) is 20.1. The fraction of sp³-hybridized carbons (Fsp3) is 0.421. The molecule has 1 aromatic heterocycles. The summed E-state index contributed by atoms with van der Waals surface area (Å²) in [6.45, 7) is 1.20. The number of methoxy groups -OCH3 is 1. The summed E-state index contributed by atoms with van der Waals surface area (Å²) in [6.07, 6.45) is 2.64. The lowest BCUT2D eigenvalue weighted by atomic mass is 10.1. The summed E-state index contributed by atoms with van der Waals surface area (Å²) < 4.78 is 5.45. The molecule has 0 saturated heterocycles. The van der Waals surface area contributed by atoms with Crippen LogP contribution in [0.25, 0.3) is 0 Å². The van der Waals surface area contributed by atoms with Gasteiger partial charge in [0.1, 0.15) is 5.75 Å². The largest absolute Gasteiger partial charge is 0.496 e. The van der Waals surface area contributed by atoms with Crippen molar-refractivity contribution in [1.29, 1.82) is 0 Å². The van der Waals surface area contributed by atoms with E-state index in [1.165, 1.54) is 4.88 Å². The molecule has 1 aliphatic rings. The summed E-state index contributed by atoms with van der Waals surface area (Å²) in [5, 5.41) is 2.05. The summed E-state index contributed by atoms with van der Waals surface area (Å²) in [7, 11) is 1.67. The SMILES string of the molecule is COc1ccccc1CN(Cc1cccs1)C(=O)[C@@H]1CC[C@H](N)C1. The minimum atomic E-state index is 0.0506. The Hall–Kier alpha value is -1.85. The zero-order chi connectivity index (χ0) is 16.9. The van der Waals surface area contributed by atoms with Gasteiger partial charge in [0.15, 0.2) is 0 Å². The summed E-state index contributed by atoms with van der Waals surface area (Å²) in [6, 6.07) is 12.2. The van der Waals surface area contributed by atoms with E-state index >= 15 is 0 Å². The Morgan fingerprint density at radius 1 is 1.25 bits per heavy atom. The average molecular weight is 344 g/mol. The molecule has 1 fully saturated rings. The molecule has 3 rings (SSSR count). The molecule has 2 N–H and O–H groups in total. The zero-order valence-electron chi connectivity index (χ0n) is 14.0. The number of ether oxygens (including phenoxy) is 1. The monoisotopic (exact) mass is 344 g/mol. The predicted molar refractivity (Wildman–Crippen MR) is 96.9 cm³/mol. The van der Waals surface area contributed by atoms with E-state index < -0.39 is 0 Å². The molecule has 0 spiro atoms. The van der Waals surface area contributed by atoms with Gasteiger partial charge in [-0.2, -0.15) is 0 Å². The Bertz CT molecular complexity index is 672. The molecule has 2 aromatic rings. The van der Waals surface area contributed by atoms with Crippen LogP contribution in [0, 0.1) is 5.92 Å². The Kier molecular flexibility index (Phi) is 5.53. The number of nitrogens with zero attached hydrogens (tertiary/aromatic N) is 1. The third-order valence-electron chi connectivity index (χ3n) is 4.61. The number of carbonyl (C=O) groups is 1. The summed E-state index contributed by atoms with van der Waals surface area (Å²) in [5.74, 6) is 1.08. The number of benzene rings is 1. The summed E-state index contributed by atoms with van der Waals surface area (Å²) in [5.41, 5.74) is 7.04. The molecule has 4 nitrogen and oxygen atoms in total. The highest BCUT2D eigenvalue weighted by atomic mass is 32.1. The van der Waals surface area contributed by atoms with Crippen molar-refractivity contribution in [1.82, 2.24) is 4.90 Å². The van der Waals surface area contributed by atoms with Gasteiger partial charge in [-0.3, -0.25) is 4.79 Å². The summed E-state index contributed by atoms with van der Waals surface area (Å²) >= 11 is 1.68. The Balaban J connectivity index is 1.80. The van der Waals surface area contributed by atoms with Gasteiger partial charge in [0, 0.05) is 28.9 Å². The van der Waals surface area contributed by atoms with Crippen LogP contribution in [0.3, 0.4) is 0 Å². The maximum Gasteiger partial charge on any atom is 0.226 e. The molecule has 128 valence electrons. The van der Waals surface area contributed by atoms with E-state index in [0.29, 0.717) is 13.1 Å². The van der Waals surface area contributed by atoms with Gasteiger partial charge in [-0.15, -0.1) is 11.3 Å². The highest BCUT2D eigenvalue weighted by molar-refractivity contribution is 7.09. The molecule has 0 bridgehead atoms. The predicted octanol–water partition coefficient (Wildman–Crippen LogP) is 3.41. The van der Waals surface area contributed by atoms with Gasteiger partial charge in [0.2, 0.25) is 5.91 Å². The van der Waals surface area contributed by atoms with E-state index in [-0.39, 0.29) is 17.9 Å². The summed E-state index contributed by atoms with van der Waals surface area (Å²) in [4.78, 5) is 16.2. The zero-order valence-corrected chi connectivity index (χ0v) is 14.8. The molecule has 24 heavy (non-hydrogen) atoms. The third kappa shape index (κ3) is 3.97. The van der Waals surface area contributed by atoms with Crippen LogP contribution in [-0.2, 0) is 17.9 Å². The van der Waals surface area contributed by atoms with Crippen molar-refractivity contribution in [2.75, 3.05) is 7.11 Å². The second-order valence-corrected chi connectivity index (χ2v) is 7.39. The van der Waals surface area contributed by atoms with Crippen LogP contribution < -0.4 is 10.5 Å². The molecule has 0 aliphatic heterocycles. The van der Waals surface area contributed by atoms with Gasteiger partial charge in [0.25, 0.3) is 0 Å². The number of para-hydroxylation sites is 1.